The molecule has 17 heavy (non-hydrogen) atoms. The fourth-order valence-corrected chi connectivity index (χ4v) is 3.88. The largest absolute Gasteiger partial charge is 0.207 e. The predicted molar refractivity (Wildman–Crippen MR) is 74.2 cm³/mol. The quantitative estimate of drug-likeness (QED) is 0.547. The van der Waals surface area contributed by atoms with E-state index >= 15 is 0 Å². The van der Waals surface area contributed by atoms with Crippen molar-refractivity contribution in [2.75, 3.05) is 0 Å². The van der Waals surface area contributed by atoms with Crippen LogP contribution in [-0.4, -0.2) is 0 Å². The van der Waals surface area contributed by atoms with Crippen molar-refractivity contribution in [1.29, 1.82) is 0 Å². The first-order valence-corrected chi connectivity index (χ1v) is 7.43. The average Bonchev–Trinajstić information content (AvgIpc) is 2.58. The Labute approximate surface area is 123 Å². The zero-order valence-corrected chi connectivity index (χ0v) is 12.9. The van der Waals surface area contributed by atoms with Gasteiger partial charge in [-0.2, -0.15) is 0 Å². The Bertz CT molecular complexity index is 537. The maximum Gasteiger partial charge on any atom is 0.130 e. The molecule has 0 aliphatic heterocycles. The number of rotatable bonds is 2. The lowest BCUT2D eigenvalue weighted by molar-refractivity contribution is 0.574. The van der Waals surface area contributed by atoms with Crippen molar-refractivity contribution in [1.82, 2.24) is 0 Å². The van der Waals surface area contributed by atoms with Crippen LogP contribution in [0.3, 0.4) is 0 Å². The molecule has 2 aromatic rings. The monoisotopic (exact) mass is 400 g/mol. The third-order valence-electron chi connectivity index (χ3n) is 2.15. The van der Waals surface area contributed by atoms with E-state index in [4.69, 9.17) is 11.6 Å². The van der Waals surface area contributed by atoms with Crippen LogP contribution >= 0.6 is 54.8 Å². The summed E-state index contributed by atoms with van der Waals surface area (Å²) in [5, 5.41) is 0.581. The van der Waals surface area contributed by atoms with Gasteiger partial charge in [-0.1, -0.05) is 33.6 Å². The normalized spacial score (nSPS) is 12.8. The Morgan fingerprint density at radius 2 is 1.94 bits per heavy atom. The maximum absolute atomic E-state index is 13.6. The molecule has 6 heteroatoms. The van der Waals surface area contributed by atoms with Crippen molar-refractivity contribution >= 4 is 54.8 Å². The smallest absolute Gasteiger partial charge is 0.130 e. The molecule has 0 saturated carbocycles. The van der Waals surface area contributed by atoms with E-state index < -0.39 is 11.6 Å². The molecule has 0 amide bonds. The van der Waals surface area contributed by atoms with Gasteiger partial charge in [-0.15, -0.1) is 11.3 Å². The zero-order valence-electron chi connectivity index (χ0n) is 8.18. The first kappa shape index (κ1) is 13.5. The first-order chi connectivity index (χ1) is 7.99. The molecule has 0 spiro atoms. The van der Waals surface area contributed by atoms with Crippen molar-refractivity contribution in [3.8, 4) is 0 Å². The summed E-state index contributed by atoms with van der Waals surface area (Å²) in [5.41, 5.74) is 0.386. The van der Waals surface area contributed by atoms with Crippen LogP contribution in [0.1, 0.15) is 15.3 Å². The summed E-state index contributed by atoms with van der Waals surface area (Å²) in [6.45, 7) is 0. The molecular weight excluding hydrogens is 397 g/mol. The molecule has 0 fully saturated rings. The highest BCUT2D eigenvalue weighted by atomic mass is 79.9. The molecule has 0 saturated heterocycles. The molecule has 0 bridgehead atoms. The molecule has 1 heterocycles. The highest BCUT2D eigenvalue weighted by molar-refractivity contribution is 9.11. The number of hydrogen-bond acceptors (Lipinski definition) is 1. The van der Waals surface area contributed by atoms with Crippen LogP contribution in [-0.2, 0) is 0 Å². The minimum Gasteiger partial charge on any atom is -0.207 e. The molecule has 1 atom stereocenters. The van der Waals surface area contributed by atoms with Crippen LogP contribution in [0.4, 0.5) is 8.78 Å². The Balaban J connectivity index is 2.39. The zero-order chi connectivity index (χ0) is 12.6. The standard InChI is InChI=1S/C11H5Br2ClF2S/c12-10(9-4-7(14)11(13)17-9)6-2-1-5(15)3-8(6)16/h1-4,10H. The lowest BCUT2D eigenvalue weighted by atomic mass is 10.1. The van der Waals surface area contributed by atoms with Crippen LogP contribution < -0.4 is 0 Å². The molecule has 0 N–H and O–H groups in total. The summed E-state index contributed by atoms with van der Waals surface area (Å²) in [7, 11) is 0. The predicted octanol–water partition coefficient (Wildman–Crippen LogP) is 5.93. The van der Waals surface area contributed by atoms with Crippen LogP contribution in [0, 0.1) is 11.6 Å². The maximum atomic E-state index is 13.6. The first-order valence-electron chi connectivity index (χ1n) is 4.53. The van der Waals surface area contributed by atoms with Crippen molar-refractivity contribution in [3.05, 3.63) is 55.1 Å². The second-order valence-electron chi connectivity index (χ2n) is 3.30. The lowest BCUT2D eigenvalue weighted by Gasteiger charge is -2.09. The summed E-state index contributed by atoms with van der Waals surface area (Å²) in [6.07, 6.45) is 0. The van der Waals surface area contributed by atoms with Gasteiger partial charge < -0.3 is 0 Å². The lowest BCUT2D eigenvalue weighted by Crippen LogP contribution is -1.95. The van der Waals surface area contributed by atoms with Gasteiger partial charge in [0.2, 0.25) is 0 Å². The second-order valence-corrected chi connectivity index (χ2v) is 7.02. The molecular formula is C11H5Br2ClF2S. The number of thiophene rings is 1. The summed E-state index contributed by atoms with van der Waals surface area (Å²) < 4.78 is 27.2. The summed E-state index contributed by atoms with van der Waals surface area (Å²) in [6, 6.07) is 5.27. The number of benzene rings is 1. The molecule has 1 aromatic carbocycles. The fraction of sp³-hybridized carbons (Fsp3) is 0.0909. The molecule has 1 aromatic heterocycles. The van der Waals surface area contributed by atoms with Gasteiger partial charge in [0.15, 0.2) is 0 Å². The number of hydrogen-bond donors (Lipinski definition) is 0. The van der Waals surface area contributed by atoms with Gasteiger partial charge in [0.1, 0.15) is 11.6 Å². The van der Waals surface area contributed by atoms with E-state index in [1.165, 1.54) is 23.5 Å². The Hall–Kier alpha value is 0.0300. The van der Waals surface area contributed by atoms with Crippen molar-refractivity contribution in [2.45, 2.75) is 4.83 Å². The van der Waals surface area contributed by atoms with Crippen LogP contribution in [0.5, 0.6) is 0 Å². The summed E-state index contributed by atoms with van der Waals surface area (Å²) >= 11 is 14.0. The molecule has 1 unspecified atom stereocenters. The van der Waals surface area contributed by atoms with E-state index in [1.807, 2.05) is 0 Å². The summed E-state index contributed by atoms with van der Waals surface area (Å²) in [5.74, 6) is -1.16. The number of alkyl halides is 1. The molecule has 0 aliphatic rings. The third kappa shape index (κ3) is 2.89. The van der Waals surface area contributed by atoms with Crippen molar-refractivity contribution in [2.24, 2.45) is 0 Å². The van der Waals surface area contributed by atoms with E-state index in [9.17, 15) is 8.78 Å². The Morgan fingerprint density at radius 1 is 1.24 bits per heavy atom. The van der Waals surface area contributed by atoms with E-state index in [0.29, 0.717) is 10.6 Å². The summed E-state index contributed by atoms with van der Waals surface area (Å²) in [4.78, 5) is 0.518. The Kier molecular flexibility index (Phi) is 4.23. The van der Waals surface area contributed by atoms with Crippen molar-refractivity contribution < 1.29 is 8.78 Å². The third-order valence-corrected chi connectivity index (χ3v) is 5.98. The minimum atomic E-state index is -0.587. The van der Waals surface area contributed by atoms with Gasteiger partial charge in [-0.25, -0.2) is 8.78 Å². The molecule has 0 nitrogen and oxygen atoms in total. The van der Waals surface area contributed by atoms with Gasteiger partial charge in [-0.05, 0) is 28.1 Å². The highest BCUT2D eigenvalue weighted by Gasteiger charge is 2.18. The molecule has 0 radical (unpaired) electrons. The van der Waals surface area contributed by atoms with Crippen LogP contribution in [0.25, 0.3) is 0 Å². The number of halogens is 5. The van der Waals surface area contributed by atoms with E-state index in [2.05, 4.69) is 31.9 Å². The van der Waals surface area contributed by atoms with Gasteiger partial charge in [0, 0.05) is 16.5 Å². The fourth-order valence-electron chi connectivity index (χ4n) is 1.35. The van der Waals surface area contributed by atoms with E-state index in [0.717, 1.165) is 14.7 Å². The second kappa shape index (κ2) is 5.34. The van der Waals surface area contributed by atoms with Crippen LogP contribution in [0.2, 0.25) is 5.02 Å². The van der Waals surface area contributed by atoms with Gasteiger partial charge in [0.25, 0.3) is 0 Å². The molecule has 0 aliphatic carbocycles. The average molecular weight is 402 g/mol. The van der Waals surface area contributed by atoms with Crippen molar-refractivity contribution in [3.63, 3.8) is 0 Å². The molecule has 2 rings (SSSR count). The van der Waals surface area contributed by atoms with Crippen LogP contribution in [0.15, 0.2) is 28.1 Å². The topological polar surface area (TPSA) is 0 Å². The minimum absolute atomic E-state index is 0.336. The van der Waals surface area contributed by atoms with Gasteiger partial charge in [0.05, 0.1) is 13.6 Å². The van der Waals surface area contributed by atoms with E-state index in [1.54, 1.807) is 6.07 Å². The highest BCUT2D eigenvalue weighted by Crippen LogP contribution is 2.41. The van der Waals surface area contributed by atoms with Gasteiger partial charge in [-0.3, -0.25) is 0 Å². The van der Waals surface area contributed by atoms with Gasteiger partial charge >= 0.3 is 0 Å². The Morgan fingerprint density at radius 3 is 2.47 bits per heavy atom. The SMILES string of the molecule is Fc1ccc(C(Br)c2cc(Cl)c(Br)s2)c(F)c1. The van der Waals surface area contributed by atoms with E-state index in [-0.39, 0.29) is 4.83 Å². The molecule has 90 valence electrons.